The summed E-state index contributed by atoms with van der Waals surface area (Å²) in [4.78, 5) is 15.0. The lowest BCUT2D eigenvalue weighted by molar-refractivity contribution is -0.149. The molecule has 0 bridgehead atoms. The quantitative estimate of drug-likeness (QED) is 0.672. The zero-order valence-electron chi connectivity index (χ0n) is 15.8. The van der Waals surface area contributed by atoms with Gasteiger partial charge in [0.05, 0.1) is 12.5 Å². The minimum absolute atomic E-state index is 0.131. The van der Waals surface area contributed by atoms with Crippen LogP contribution in [0.5, 0.6) is 0 Å². The minimum atomic E-state index is -0.173. The van der Waals surface area contributed by atoms with Gasteiger partial charge in [0.2, 0.25) is 0 Å². The molecule has 0 amide bonds. The van der Waals surface area contributed by atoms with Crippen molar-refractivity contribution in [3.63, 3.8) is 0 Å². The van der Waals surface area contributed by atoms with E-state index in [4.69, 9.17) is 9.15 Å². The van der Waals surface area contributed by atoms with Gasteiger partial charge in [0.1, 0.15) is 18.1 Å². The molecule has 1 heterocycles. The lowest BCUT2D eigenvalue weighted by Crippen LogP contribution is -2.25. The summed E-state index contributed by atoms with van der Waals surface area (Å²) in [6.07, 6.45) is 5.87. The smallest absolute Gasteiger partial charge is 0.314 e. The fourth-order valence-corrected chi connectivity index (χ4v) is 3.86. The highest BCUT2D eigenvalue weighted by Gasteiger charge is 2.32. The van der Waals surface area contributed by atoms with Gasteiger partial charge in [0.25, 0.3) is 0 Å². The third-order valence-corrected chi connectivity index (χ3v) is 5.08. The van der Waals surface area contributed by atoms with E-state index in [0.29, 0.717) is 11.7 Å². The Morgan fingerprint density at radius 3 is 2.46 bits per heavy atom. The van der Waals surface area contributed by atoms with E-state index in [1.165, 1.54) is 19.3 Å². The Bertz CT molecular complexity index is 686. The minimum Gasteiger partial charge on any atom is -0.461 e. The molecule has 1 aliphatic carbocycles. The number of furan rings is 1. The van der Waals surface area contributed by atoms with Crippen LogP contribution in [0, 0.1) is 5.92 Å². The molecule has 4 heteroatoms. The maximum Gasteiger partial charge on any atom is 0.314 e. The predicted octanol–water partition coefficient (Wildman–Crippen LogP) is 4.75. The molecule has 1 aromatic carbocycles. The van der Waals surface area contributed by atoms with Crippen LogP contribution in [-0.2, 0) is 22.7 Å². The lowest BCUT2D eigenvalue weighted by atomic mass is 9.77. The van der Waals surface area contributed by atoms with Crippen molar-refractivity contribution >= 4 is 5.97 Å². The molecule has 0 radical (unpaired) electrons. The average molecular weight is 355 g/mol. The highest BCUT2D eigenvalue weighted by atomic mass is 16.5. The van der Waals surface area contributed by atoms with Crippen LogP contribution in [0.1, 0.15) is 55.1 Å². The Morgan fingerprint density at radius 1 is 1.08 bits per heavy atom. The van der Waals surface area contributed by atoms with E-state index in [9.17, 15) is 4.79 Å². The Kier molecular flexibility index (Phi) is 6.51. The molecule has 0 N–H and O–H groups in total. The van der Waals surface area contributed by atoms with Crippen molar-refractivity contribution in [2.24, 2.45) is 5.92 Å². The Hall–Kier alpha value is -2.07. The van der Waals surface area contributed by atoms with Gasteiger partial charge in [-0.05, 0) is 50.6 Å². The molecule has 3 rings (SSSR count). The highest BCUT2D eigenvalue weighted by Crippen LogP contribution is 2.37. The van der Waals surface area contributed by atoms with Crippen molar-refractivity contribution in [3.05, 3.63) is 59.5 Å². The van der Waals surface area contributed by atoms with Crippen LogP contribution >= 0.6 is 0 Å². The Balaban J connectivity index is 1.66. The monoisotopic (exact) mass is 355 g/mol. The van der Waals surface area contributed by atoms with Gasteiger partial charge in [-0.1, -0.05) is 49.6 Å². The van der Waals surface area contributed by atoms with Gasteiger partial charge < -0.3 is 14.1 Å². The van der Waals surface area contributed by atoms with Gasteiger partial charge in [0, 0.05) is 0 Å². The molecule has 2 aromatic rings. The van der Waals surface area contributed by atoms with Gasteiger partial charge in [-0.15, -0.1) is 0 Å². The van der Waals surface area contributed by atoms with Crippen LogP contribution in [0.25, 0.3) is 0 Å². The number of hydrogen-bond donors (Lipinski definition) is 0. The molecule has 0 saturated heterocycles. The molecule has 0 unspecified atom stereocenters. The topological polar surface area (TPSA) is 42.7 Å². The molecule has 4 nitrogen and oxygen atoms in total. The molecular formula is C22H29NO3. The number of ether oxygens (including phenoxy) is 1. The van der Waals surface area contributed by atoms with Crippen LogP contribution in [0.3, 0.4) is 0 Å². The molecule has 1 aromatic heterocycles. The van der Waals surface area contributed by atoms with Crippen LogP contribution in [0.4, 0.5) is 0 Å². The molecule has 1 aliphatic rings. The third-order valence-electron chi connectivity index (χ3n) is 5.08. The third kappa shape index (κ3) is 4.98. The van der Waals surface area contributed by atoms with Crippen LogP contribution < -0.4 is 0 Å². The molecule has 26 heavy (non-hydrogen) atoms. The molecule has 0 aliphatic heterocycles. The van der Waals surface area contributed by atoms with Crippen molar-refractivity contribution < 1.29 is 13.9 Å². The number of hydrogen-bond acceptors (Lipinski definition) is 4. The largest absolute Gasteiger partial charge is 0.461 e. The zero-order chi connectivity index (χ0) is 18.4. The molecular weight excluding hydrogens is 326 g/mol. The van der Waals surface area contributed by atoms with E-state index in [0.717, 1.165) is 30.7 Å². The van der Waals surface area contributed by atoms with Crippen molar-refractivity contribution in [1.29, 1.82) is 0 Å². The molecule has 1 saturated carbocycles. The van der Waals surface area contributed by atoms with Crippen molar-refractivity contribution in [1.82, 2.24) is 4.90 Å². The van der Waals surface area contributed by atoms with E-state index in [-0.39, 0.29) is 18.5 Å². The fraction of sp³-hybridized carbons (Fsp3) is 0.500. The first kappa shape index (κ1) is 18.7. The summed E-state index contributed by atoms with van der Waals surface area (Å²) >= 11 is 0. The number of rotatable bonds is 7. The summed E-state index contributed by atoms with van der Waals surface area (Å²) < 4.78 is 11.4. The summed E-state index contributed by atoms with van der Waals surface area (Å²) in [6.45, 7) is 0.935. The second kappa shape index (κ2) is 9.04. The van der Waals surface area contributed by atoms with E-state index >= 15 is 0 Å². The van der Waals surface area contributed by atoms with Gasteiger partial charge in [-0.25, -0.2) is 0 Å². The van der Waals surface area contributed by atoms with E-state index < -0.39 is 0 Å². The molecule has 1 fully saturated rings. The van der Waals surface area contributed by atoms with E-state index in [1.807, 2.05) is 61.5 Å². The number of benzene rings is 1. The first-order chi connectivity index (χ1) is 12.6. The first-order valence-electron chi connectivity index (χ1n) is 9.57. The fourth-order valence-electron chi connectivity index (χ4n) is 3.86. The maximum absolute atomic E-state index is 12.9. The second-order valence-electron chi connectivity index (χ2n) is 7.50. The van der Waals surface area contributed by atoms with E-state index in [1.54, 1.807) is 0 Å². The van der Waals surface area contributed by atoms with Crippen LogP contribution in [0.2, 0.25) is 0 Å². The van der Waals surface area contributed by atoms with E-state index in [2.05, 4.69) is 0 Å². The zero-order valence-corrected chi connectivity index (χ0v) is 15.8. The summed E-state index contributed by atoms with van der Waals surface area (Å²) in [5.41, 5.74) is 1.07. The summed E-state index contributed by atoms with van der Waals surface area (Å²) in [5, 5.41) is 0. The number of carbonyl (C=O) groups excluding carboxylic acids is 1. The predicted molar refractivity (Wildman–Crippen MR) is 102 cm³/mol. The average Bonchev–Trinajstić information content (AvgIpc) is 3.09. The second-order valence-corrected chi connectivity index (χ2v) is 7.50. The Labute approximate surface area is 156 Å². The maximum atomic E-state index is 12.9. The SMILES string of the molecule is CN(C)Cc1ccc(COC(=O)[C@@H](c2ccccc2)C2CCCCC2)o1. The number of carbonyl (C=O) groups is 1. The van der Waals surface area contributed by atoms with Crippen molar-refractivity contribution in [2.45, 2.75) is 51.2 Å². The van der Waals surface area contributed by atoms with Crippen LogP contribution in [-0.4, -0.2) is 25.0 Å². The standard InChI is InChI=1S/C22H29NO3/c1-23(2)15-19-13-14-20(26-19)16-25-22(24)21(17-9-5-3-6-10-17)18-11-7-4-8-12-18/h3,5-6,9-10,13-14,18,21H,4,7-8,11-12,15-16H2,1-2H3/t21-/m0/s1. The van der Waals surface area contributed by atoms with Gasteiger partial charge in [-0.2, -0.15) is 0 Å². The lowest BCUT2D eigenvalue weighted by Gasteiger charge is -2.29. The summed E-state index contributed by atoms with van der Waals surface area (Å²) in [7, 11) is 3.99. The first-order valence-corrected chi connectivity index (χ1v) is 9.57. The van der Waals surface area contributed by atoms with Crippen molar-refractivity contribution in [3.8, 4) is 0 Å². The summed E-state index contributed by atoms with van der Waals surface area (Å²) in [6, 6.07) is 13.9. The number of nitrogens with zero attached hydrogens (tertiary/aromatic N) is 1. The van der Waals surface area contributed by atoms with Crippen LogP contribution in [0.15, 0.2) is 46.9 Å². The molecule has 0 spiro atoms. The van der Waals surface area contributed by atoms with Gasteiger partial charge >= 0.3 is 5.97 Å². The number of esters is 1. The summed E-state index contributed by atoms with van der Waals surface area (Å²) in [5.74, 6) is 1.65. The van der Waals surface area contributed by atoms with Gasteiger partial charge in [0.15, 0.2) is 0 Å². The highest BCUT2D eigenvalue weighted by molar-refractivity contribution is 5.78. The van der Waals surface area contributed by atoms with Gasteiger partial charge in [-0.3, -0.25) is 4.79 Å². The Morgan fingerprint density at radius 2 is 1.77 bits per heavy atom. The van der Waals surface area contributed by atoms with Crippen molar-refractivity contribution in [2.75, 3.05) is 14.1 Å². The normalized spacial score (nSPS) is 16.6. The molecule has 1 atom stereocenters. The molecule has 140 valence electrons.